The normalized spacial score (nSPS) is 15.5. The van der Waals surface area contributed by atoms with Crippen LogP contribution in [0.15, 0.2) is 63.3 Å². The molecule has 0 radical (unpaired) electrons. The van der Waals surface area contributed by atoms with Crippen molar-refractivity contribution >= 4 is 63.4 Å². The van der Waals surface area contributed by atoms with E-state index < -0.39 is 23.4 Å². The minimum atomic E-state index is -0.510. The monoisotopic (exact) mass is 902 g/mol. The minimum absolute atomic E-state index is 0.131. The molecule has 1 fully saturated rings. The number of hydrogen-bond acceptors (Lipinski definition) is 12. The van der Waals surface area contributed by atoms with Gasteiger partial charge in [-0.05, 0) is 121 Å². The highest BCUT2D eigenvalue weighted by Crippen LogP contribution is 2.36. The highest BCUT2D eigenvalue weighted by Gasteiger charge is 2.51. The average Bonchev–Trinajstić information content (AvgIpc) is 3.80. The van der Waals surface area contributed by atoms with Crippen molar-refractivity contribution in [3.63, 3.8) is 0 Å². The van der Waals surface area contributed by atoms with Crippen molar-refractivity contribution in [2.45, 2.75) is 131 Å². The molecule has 0 spiro atoms. The highest BCUT2D eigenvalue weighted by atomic mass is 79.9. The molecule has 2 aromatic carbocycles. The van der Waals surface area contributed by atoms with Crippen LogP contribution in [0.2, 0.25) is 0 Å². The van der Waals surface area contributed by atoms with Crippen LogP contribution in [0.1, 0.15) is 118 Å². The van der Waals surface area contributed by atoms with Crippen LogP contribution < -0.4 is 16.1 Å². The van der Waals surface area contributed by atoms with E-state index in [9.17, 15) is 9.59 Å². The Kier molecular flexibility index (Phi) is 17.9. The topological polar surface area (TPSA) is 139 Å². The number of methoxy groups -OCH3 is 2. The van der Waals surface area contributed by atoms with E-state index in [0.717, 1.165) is 42.2 Å². The molecular formula is C42H60BBrN4O8S2. The van der Waals surface area contributed by atoms with Gasteiger partial charge in [-0.15, -0.1) is 22.7 Å². The summed E-state index contributed by atoms with van der Waals surface area (Å²) in [4.78, 5) is 33.2. The zero-order valence-electron chi connectivity index (χ0n) is 36.3. The SMILES string of the molecule is COCc1ncsc1-c1ccc([C@H](C)NC(=O)OC(C)(C)C)cc1.COCc1ncsc1Br.C[C@H](NC(=O)OC(C)(C)C)c1ccc(B2OC(C)(C)C(C)(C)O2)cc1. The maximum atomic E-state index is 11.9. The van der Waals surface area contributed by atoms with Crippen LogP contribution in [0.3, 0.4) is 0 Å². The number of carbonyl (C=O) groups is 2. The van der Waals surface area contributed by atoms with Gasteiger partial charge >= 0.3 is 19.3 Å². The van der Waals surface area contributed by atoms with E-state index in [1.54, 1.807) is 42.4 Å². The van der Waals surface area contributed by atoms with Crippen molar-refractivity contribution in [1.29, 1.82) is 0 Å². The number of carbonyl (C=O) groups excluding carboxylic acids is 2. The summed E-state index contributed by atoms with van der Waals surface area (Å²) in [6.07, 6.45) is -0.834. The first-order valence-electron chi connectivity index (χ1n) is 19.0. The molecule has 2 aromatic heterocycles. The van der Waals surface area contributed by atoms with Gasteiger partial charge in [0.2, 0.25) is 0 Å². The zero-order chi connectivity index (χ0) is 43.5. The maximum absolute atomic E-state index is 11.9. The Morgan fingerprint density at radius 2 is 1.14 bits per heavy atom. The fraction of sp³-hybridized carbons (Fsp3) is 0.524. The van der Waals surface area contributed by atoms with Crippen molar-refractivity contribution in [3.8, 4) is 10.4 Å². The molecule has 1 saturated heterocycles. The lowest BCUT2D eigenvalue weighted by atomic mass is 9.78. The summed E-state index contributed by atoms with van der Waals surface area (Å²) in [5.41, 5.74) is 7.87. The Bertz CT molecular complexity index is 1870. The van der Waals surface area contributed by atoms with Gasteiger partial charge in [0.15, 0.2) is 0 Å². The quantitative estimate of drug-likeness (QED) is 0.148. The number of thiazole rings is 2. The molecule has 16 heteroatoms. The van der Waals surface area contributed by atoms with Gasteiger partial charge in [-0.3, -0.25) is 0 Å². The van der Waals surface area contributed by atoms with Crippen LogP contribution in [-0.4, -0.2) is 65.9 Å². The molecule has 2 N–H and O–H groups in total. The van der Waals surface area contributed by atoms with E-state index in [4.69, 9.17) is 28.3 Å². The van der Waals surface area contributed by atoms with Gasteiger partial charge in [-0.25, -0.2) is 19.6 Å². The average molecular weight is 904 g/mol. The number of halogens is 1. The molecule has 4 aromatic rings. The molecule has 0 unspecified atom stereocenters. The third kappa shape index (κ3) is 15.3. The molecule has 0 aliphatic carbocycles. The number of benzene rings is 2. The largest absolute Gasteiger partial charge is 0.494 e. The van der Waals surface area contributed by atoms with Crippen molar-refractivity contribution < 1.29 is 37.8 Å². The number of ether oxygens (including phenoxy) is 4. The summed E-state index contributed by atoms with van der Waals surface area (Å²) in [5.74, 6) is 0. The molecule has 2 amide bonds. The van der Waals surface area contributed by atoms with Gasteiger partial charge in [0, 0.05) is 14.2 Å². The highest BCUT2D eigenvalue weighted by molar-refractivity contribution is 9.11. The van der Waals surface area contributed by atoms with E-state index in [1.807, 2.05) is 137 Å². The molecule has 1 aliphatic heterocycles. The van der Waals surface area contributed by atoms with Crippen molar-refractivity contribution in [2.75, 3.05) is 14.2 Å². The van der Waals surface area contributed by atoms with Gasteiger partial charge < -0.3 is 38.9 Å². The second-order valence-corrected chi connectivity index (χ2v) is 19.7. The first-order chi connectivity index (χ1) is 26.9. The lowest BCUT2D eigenvalue weighted by Gasteiger charge is -2.32. The first kappa shape index (κ1) is 49.0. The molecule has 0 saturated carbocycles. The van der Waals surface area contributed by atoms with E-state index in [2.05, 4.69) is 36.5 Å². The lowest BCUT2D eigenvalue weighted by molar-refractivity contribution is 0.00578. The molecule has 318 valence electrons. The molecule has 1 aliphatic rings. The van der Waals surface area contributed by atoms with Crippen LogP contribution in [0, 0.1) is 0 Å². The predicted molar refractivity (Wildman–Crippen MR) is 237 cm³/mol. The van der Waals surface area contributed by atoms with Gasteiger partial charge in [0.05, 0.1) is 67.6 Å². The number of nitrogens with one attached hydrogen (secondary N) is 2. The number of rotatable bonds is 10. The second kappa shape index (κ2) is 21.2. The standard InChI is InChI=1S/C19H30BNO4.C18H24N2O3S.C5H6BrNOS/c1-13(21-16(22)23-17(2,3)4)14-9-11-15(12-10-14)20-24-18(5,6)19(7,8)25-20;1-12(20-17(21)23-18(2,3)4)13-6-8-14(9-7-13)16-15(10-22-5)19-11-24-16;1-8-2-4-5(6)9-3-7-4/h9-13H,1-8H3,(H,21,22);6-9,11-12H,10H2,1-5H3,(H,20,21);3H,2H2,1H3/t13-;12-;/m00./s1. The third-order valence-corrected chi connectivity index (χ3v) is 11.5. The van der Waals surface area contributed by atoms with Crippen molar-refractivity contribution in [2.24, 2.45) is 0 Å². The van der Waals surface area contributed by atoms with Crippen LogP contribution in [0.5, 0.6) is 0 Å². The minimum Gasteiger partial charge on any atom is -0.444 e. The predicted octanol–water partition coefficient (Wildman–Crippen LogP) is 10.2. The molecule has 5 rings (SSSR count). The summed E-state index contributed by atoms with van der Waals surface area (Å²) >= 11 is 6.51. The fourth-order valence-corrected chi connectivity index (χ4v) is 7.00. The Balaban J connectivity index is 0.000000256. The summed E-state index contributed by atoms with van der Waals surface area (Å²) in [6.45, 7) is 24.2. The Morgan fingerprint density at radius 3 is 1.55 bits per heavy atom. The van der Waals surface area contributed by atoms with E-state index in [-0.39, 0.29) is 30.4 Å². The van der Waals surface area contributed by atoms with E-state index >= 15 is 0 Å². The Hall–Kier alpha value is -3.38. The van der Waals surface area contributed by atoms with E-state index in [0.29, 0.717) is 13.2 Å². The molecular weight excluding hydrogens is 843 g/mol. The van der Waals surface area contributed by atoms with Crippen LogP contribution in [0.25, 0.3) is 10.4 Å². The maximum Gasteiger partial charge on any atom is 0.494 e. The van der Waals surface area contributed by atoms with Gasteiger partial charge in [0.25, 0.3) is 0 Å². The van der Waals surface area contributed by atoms with Crippen LogP contribution >= 0.6 is 38.6 Å². The lowest BCUT2D eigenvalue weighted by Crippen LogP contribution is -2.41. The molecule has 58 heavy (non-hydrogen) atoms. The summed E-state index contributed by atoms with van der Waals surface area (Å²) < 4.78 is 33.8. The Labute approximate surface area is 361 Å². The molecule has 12 nitrogen and oxygen atoms in total. The summed E-state index contributed by atoms with van der Waals surface area (Å²) in [7, 11) is 2.94. The number of hydrogen-bond donors (Lipinski definition) is 2. The van der Waals surface area contributed by atoms with Crippen molar-refractivity contribution in [3.05, 3.63) is 85.9 Å². The number of aromatic nitrogens is 2. The summed E-state index contributed by atoms with van der Waals surface area (Å²) in [5, 5.41) is 5.69. The fourth-order valence-electron chi connectivity index (χ4n) is 5.21. The molecule has 3 heterocycles. The molecule has 2 atom stereocenters. The van der Waals surface area contributed by atoms with Gasteiger partial charge in [0.1, 0.15) is 11.2 Å². The van der Waals surface area contributed by atoms with Gasteiger partial charge in [-0.2, -0.15) is 0 Å². The van der Waals surface area contributed by atoms with E-state index in [1.165, 1.54) is 0 Å². The molecule has 0 bridgehead atoms. The number of alkyl carbamates (subject to hydrolysis) is 2. The van der Waals surface area contributed by atoms with Crippen molar-refractivity contribution in [1.82, 2.24) is 20.6 Å². The van der Waals surface area contributed by atoms with Crippen LogP contribution in [-0.2, 0) is 41.5 Å². The summed E-state index contributed by atoms with van der Waals surface area (Å²) in [6, 6.07) is 15.7. The Morgan fingerprint density at radius 1 is 0.724 bits per heavy atom. The van der Waals surface area contributed by atoms with Gasteiger partial charge in [-0.1, -0.05) is 48.5 Å². The zero-order valence-corrected chi connectivity index (χ0v) is 39.5. The third-order valence-electron chi connectivity index (χ3n) is 8.90. The smallest absolute Gasteiger partial charge is 0.444 e. The second-order valence-electron chi connectivity index (χ2n) is 16.7. The number of amides is 2. The number of nitrogens with zero attached hydrogens (tertiary/aromatic N) is 2. The first-order valence-corrected chi connectivity index (χ1v) is 21.5. The van der Waals surface area contributed by atoms with Crippen LogP contribution in [0.4, 0.5) is 9.59 Å².